The molecule has 0 spiro atoms. The summed E-state index contributed by atoms with van der Waals surface area (Å²) in [4.78, 5) is 2.29. The number of fused-ring (bicyclic) bond motifs is 4. The van der Waals surface area contributed by atoms with Gasteiger partial charge in [0.05, 0.1) is 16.7 Å². The van der Waals surface area contributed by atoms with E-state index in [4.69, 9.17) is 0 Å². The van der Waals surface area contributed by atoms with Crippen LogP contribution in [0.2, 0.25) is 0 Å². The van der Waals surface area contributed by atoms with Crippen molar-refractivity contribution >= 4 is 44.3 Å². The number of aryl methyl sites for hydroxylation is 3. The second kappa shape index (κ2) is 9.83. The molecule has 7 rings (SSSR count). The highest BCUT2D eigenvalue weighted by molar-refractivity contribution is 6.10. The van der Waals surface area contributed by atoms with Gasteiger partial charge < -0.3 is 9.47 Å². The van der Waals surface area contributed by atoms with Crippen LogP contribution in [0.15, 0.2) is 134 Å². The van der Waals surface area contributed by atoms with Gasteiger partial charge in [-0.15, -0.1) is 0 Å². The van der Waals surface area contributed by atoms with Crippen LogP contribution in [-0.4, -0.2) is 4.57 Å². The van der Waals surface area contributed by atoms with Crippen molar-refractivity contribution in [1.29, 1.82) is 0 Å². The summed E-state index contributed by atoms with van der Waals surface area (Å²) in [5, 5.41) is 2.51. The number of para-hydroxylation sites is 2. The van der Waals surface area contributed by atoms with Gasteiger partial charge in [0.15, 0.2) is 0 Å². The Balaban J connectivity index is 1.42. The third-order valence-electron chi connectivity index (χ3n) is 8.03. The number of allylic oxidation sites excluding steroid dienone is 4. The fraction of sp³-hybridized carbons (Fsp3) is 0.0769. The third kappa shape index (κ3) is 4.38. The van der Waals surface area contributed by atoms with Gasteiger partial charge in [0.1, 0.15) is 0 Å². The molecule has 5 aromatic carbocycles. The van der Waals surface area contributed by atoms with Crippen LogP contribution >= 0.6 is 0 Å². The molecule has 0 amide bonds. The van der Waals surface area contributed by atoms with Gasteiger partial charge in [-0.3, -0.25) is 0 Å². The van der Waals surface area contributed by atoms with Crippen molar-refractivity contribution in [3.63, 3.8) is 0 Å². The van der Waals surface area contributed by atoms with Crippen molar-refractivity contribution in [3.05, 3.63) is 162 Å². The van der Waals surface area contributed by atoms with E-state index in [1.807, 2.05) is 0 Å². The molecule has 0 atom stereocenters. The molecule has 41 heavy (non-hydrogen) atoms. The summed E-state index contributed by atoms with van der Waals surface area (Å²) in [6, 6.07) is 39.5. The molecule has 2 nitrogen and oxygen atoms in total. The van der Waals surface area contributed by atoms with Crippen LogP contribution in [0.3, 0.4) is 0 Å². The van der Waals surface area contributed by atoms with Crippen LogP contribution in [0.4, 0.5) is 11.4 Å². The second-order valence-corrected chi connectivity index (χ2v) is 11.1. The lowest BCUT2D eigenvalue weighted by molar-refractivity contribution is 1.17. The minimum absolute atomic E-state index is 0.994. The van der Waals surface area contributed by atoms with E-state index >= 15 is 0 Å². The van der Waals surface area contributed by atoms with E-state index in [2.05, 4.69) is 164 Å². The molecule has 1 aliphatic heterocycles. The van der Waals surface area contributed by atoms with Crippen LogP contribution in [-0.2, 0) is 0 Å². The van der Waals surface area contributed by atoms with Gasteiger partial charge in [0.25, 0.3) is 0 Å². The van der Waals surface area contributed by atoms with Crippen molar-refractivity contribution in [2.75, 3.05) is 4.90 Å². The summed E-state index contributed by atoms with van der Waals surface area (Å²) in [7, 11) is 0. The van der Waals surface area contributed by atoms with E-state index < -0.39 is 0 Å². The van der Waals surface area contributed by atoms with E-state index in [1.54, 1.807) is 0 Å². The lowest BCUT2D eigenvalue weighted by atomic mass is 9.95. The molecule has 2 heterocycles. The average molecular weight is 529 g/mol. The number of benzene rings is 5. The first kappa shape index (κ1) is 24.9. The molecule has 1 aromatic heterocycles. The molecular formula is C39H32N2. The Kier molecular flexibility index (Phi) is 5.98. The Labute approximate surface area is 241 Å². The Bertz CT molecular complexity index is 2010. The number of aromatic nitrogens is 1. The molecule has 6 aromatic rings. The van der Waals surface area contributed by atoms with E-state index in [0.717, 1.165) is 33.6 Å². The average Bonchev–Trinajstić information content (AvgIpc) is 3.29. The molecule has 0 fully saturated rings. The van der Waals surface area contributed by atoms with E-state index in [1.165, 1.54) is 44.2 Å². The molecule has 198 valence electrons. The van der Waals surface area contributed by atoms with Gasteiger partial charge in [0.2, 0.25) is 0 Å². The van der Waals surface area contributed by atoms with Gasteiger partial charge in [-0.25, -0.2) is 0 Å². The summed E-state index contributed by atoms with van der Waals surface area (Å²) < 4.78 is 2.38. The zero-order valence-corrected chi connectivity index (χ0v) is 23.7. The van der Waals surface area contributed by atoms with Crippen molar-refractivity contribution in [3.8, 4) is 5.69 Å². The van der Waals surface area contributed by atoms with Gasteiger partial charge in [-0.1, -0.05) is 78.9 Å². The largest absolute Gasteiger partial charge is 0.317 e. The summed E-state index contributed by atoms with van der Waals surface area (Å²) in [5.74, 6) is 0. The van der Waals surface area contributed by atoms with Crippen LogP contribution in [0.1, 0.15) is 27.8 Å². The molecule has 0 saturated heterocycles. The normalized spacial score (nSPS) is 15.3. The summed E-state index contributed by atoms with van der Waals surface area (Å²) in [6.07, 6.45) is 6.64. The lowest BCUT2D eigenvalue weighted by Crippen LogP contribution is -2.12. The SMILES string of the molecule is C=C1/C=C(c2ccc3c4ccccc4n(-c4ccc(C)cc4)c3c2)\C=C/N(c2cc(C)cc(C)c2)c2ccccc21. The van der Waals surface area contributed by atoms with E-state index in [9.17, 15) is 0 Å². The number of nitrogens with zero attached hydrogens (tertiary/aromatic N) is 2. The minimum atomic E-state index is 0.994. The van der Waals surface area contributed by atoms with E-state index in [0.29, 0.717) is 0 Å². The molecule has 0 N–H and O–H groups in total. The first-order chi connectivity index (χ1) is 20.0. The van der Waals surface area contributed by atoms with Gasteiger partial charge in [-0.2, -0.15) is 0 Å². The van der Waals surface area contributed by atoms with Gasteiger partial charge in [-0.05, 0) is 103 Å². The Morgan fingerprint density at radius 3 is 2.10 bits per heavy atom. The van der Waals surface area contributed by atoms with Crippen LogP contribution in [0.25, 0.3) is 38.6 Å². The minimum Gasteiger partial charge on any atom is -0.317 e. The highest BCUT2D eigenvalue weighted by Crippen LogP contribution is 2.39. The highest BCUT2D eigenvalue weighted by Gasteiger charge is 2.18. The van der Waals surface area contributed by atoms with Crippen molar-refractivity contribution in [1.82, 2.24) is 4.57 Å². The van der Waals surface area contributed by atoms with Gasteiger partial charge in [0, 0.05) is 33.9 Å². The number of rotatable bonds is 3. The highest BCUT2D eigenvalue weighted by atomic mass is 15.1. The maximum absolute atomic E-state index is 4.52. The first-order valence-electron chi connectivity index (χ1n) is 14.1. The molecule has 0 saturated carbocycles. The quantitative estimate of drug-likeness (QED) is 0.222. The molecule has 0 bridgehead atoms. The number of hydrogen-bond donors (Lipinski definition) is 0. The number of hydrogen-bond acceptors (Lipinski definition) is 1. The molecule has 0 radical (unpaired) electrons. The number of anilines is 2. The second-order valence-electron chi connectivity index (χ2n) is 11.1. The molecule has 0 unspecified atom stereocenters. The summed E-state index contributed by atoms with van der Waals surface area (Å²) in [5.41, 5.74) is 14.0. The van der Waals surface area contributed by atoms with Crippen LogP contribution in [0.5, 0.6) is 0 Å². The van der Waals surface area contributed by atoms with Crippen LogP contribution < -0.4 is 4.90 Å². The third-order valence-corrected chi connectivity index (χ3v) is 8.03. The smallest absolute Gasteiger partial charge is 0.0547 e. The molecule has 2 heteroatoms. The lowest BCUT2D eigenvalue weighted by Gasteiger charge is -2.26. The Morgan fingerprint density at radius 1 is 0.585 bits per heavy atom. The maximum Gasteiger partial charge on any atom is 0.0547 e. The van der Waals surface area contributed by atoms with Crippen molar-refractivity contribution in [2.45, 2.75) is 20.8 Å². The topological polar surface area (TPSA) is 8.17 Å². The first-order valence-corrected chi connectivity index (χ1v) is 14.1. The predicted octanol–water partition coefficient (Wildman–Crippen LogP) is 10.5. The fourth-order valence-corrected chi connectivity index (χ4v) is 6.12. The Morgan fingerprint density at radius 2 is 1.29 bits per heavy atom. The molecular weight excluding hydrogens is 496 g/mol. The zero-order chi connectivity index (χ0) is 28.1. The van der Waals surface area contributed by atoms with Crippen LogP contribution in [0, 0.1) is 20.8 Å². The molecule has 0 aliphatic carbocycles. The van der Waals surface area contributed by atoms with E-state index in [-0.39, 0.29) is 0 Å². The van der Waals surface area contributed by atoms with Crippen molar-refractivity contribution < 1.29 is 0 Å². The fourth-order valence-electron chi connectivity index (χ4n) is 6.12. The molecule has 1 aliphatic rings. The maximum atomic E-state index is 4.52. The summed E-state index contributed by atoms with van der Waals surface area (Å²) in [6.45, 7) is 11.0. The van der Waals surface area contributed by atoms with Gasteiger partial charge >= 0.3 is 0 Å². The summed E-state index contributed by atoms with van der Waals surface area (Å²) >= 11 is 0. The standard InChI is InChI=1S/C39H32N2/c1-26-13-16-32(17-14-26)41-38-12-8-6-10-35(38)36-18-15-30(25-39(36)41)31-19-20-40(33-22-27(2)21-28(3)23-33)37-11-7-5-9-34(37)29(4)24-31/h5-25H,4H2,1-3H3/b20-19-,31-24+. The Hall–Kier alpha value is -5.08. The zero-order valence-electron chi connectivity index (χ0n) is 23.7. The predicted molar refractivity (Wildman–Crippen MR) is 176 cm³/mol. The monoisotopic (exact) mass is 528 g/mol. The van der Waals surface area contributed by atoms with Crippen molar-refractivity contribution in [2.24, 2.45) is 0 Å².